The molecule has 4 nitrogen and oxygen atoms in total. The third-order valence-electron chi connectivity index (χ3n) is 3.67. The maximum atomic E-state index is 5.65. The zero-order valence-electron chi connectivity index (χ0n) is 11.2. The molecule has 100 valence electrons. The highest BCUT2D eigenvalue weighted by atomic mass is 16.4. The van der Waals surface area contributed by atoms with Crippen LogP contribution in [0.15, 0.2) is 10.7 Å². The standard InChI is InChI=1S/C14H23N3O/c1-2-3-8-17(13-6-7-13)14-16-12(10-18-14)9-15-11-4-5-11/h10-11,13,15H,2-9H2,1H3. The summed E-state index contributed by atoms with van der Waals surface area (Å²) >= 11 is 0. The van der Waals surface area contributed by atoms with Crippen LogP contribution in [0.4, 0.5) is 6.01 Å². The second-order valence-electron chi connectivity index (χ2n) is 5.55. The molecule has 0 saturated heterocycles. The van der Waals surface area contributed by atoms with Crippen molar-refractivity contribution in [2.45, 2.75) is 64.1 Å². The van der Waals surface area contributed by atoms with E-state index in [1.807, 2.05) is 6.26 Å². The molecule has 0 atom stereocenters. The predicted molar refractivity (Wildman–Crippen MR) is 71.6 cm³/mol. The Balaban J connectivity index is 1.57. The molecule has 2 aliphatic rings. The summed E-state index contributed by atoms with van der Waals surface area (Å²) in [6.45, 7) is 4.16. The highest BCUT2D eigenvalue weighted by Gasteiger charge is 2.31. The Morgan fingerprint density at radius 2 is 2.22 bits per heavy atom. The first-order valence-electron chi connectivity index (χ1n) is 7.31. The molecule has 1 aromatic rings. The van der Waals surface area contributed by atoms with Gasteiger partial charge in [0.25, 0.3) is 6.01 Å². The molecule has 3 rings (SSSR count). The van der Waals surface area contributed by atoms with Crippen molar-refractivity contribution in [3.63, 3.8) is 0 Å². The van der Waals surface area contributed by atoms with E-state index in [9.17, 15) is 0 Å². The summed E-state index contributed by atoms with van der Waals surface area (Å²) in [6.07, 6.45) is 9.47. The lowest BCUT2D eigenvalue weighted by Gasteiger charge is -2.19. The highest BCUT2D eigenvalue weighted by molar-refractivity contribution is 5.31. The van der Waals surface area contributed by atoms with Gasteiger partial charge in [-0.2, -0.15) is 4.98 Å². The van der Waals surface area contributed by atoms with Gasteiger partial charge in [-0.25, -0.2) is 0 Å². The molecular weight excluding hydrogens is 226 g/mol. The molecule has 1 heterocycles. The summed E-state index contributed by atoms with van der Waals surface area (Å²) in [5.74, 6) is 0. The van der Waals surface area contributed by atoms with Crippen molar-refractivity contribution in [2.24, 2.45) is 0 Å². The Morgan fingerprint density at radius 1 is 1.39 bits per heavy atom. The second kappa shape index (κ2) is 5.31. The van der Waals surface area contributed by atoms with Gasteiger partial charge in [0.1, 0.15) is 6.26 Å². The quantitative estimate of drug-likeness (QED) is 0.769. The van der Waals surface area contributed by atoms with E-state index < -0.39 is 0 Å². The molecule has 2 fully saturated rings. The summed E-state index contributed by atoms with van der Waals surface area (Å²) in [7, 11) is 0. The number of nitrogens with one attached hydrogen (secondary N) is 1. The minimum atomic E-state index is 0.680. The zero-order chi connectivity index (χ0) is 12.4. The topological polar surface area (TPSA) is 41.3 Å². The number of aromatic nitrogens is 1. The Labute approximate surface area is 109 Å². The lowest BCUT2D eigenvalue weighted by atomic mass is 10.3. The van der Waals surface area contributed by atoms with E-state index in [2.05, 4.69) is 22.1 Å². The number of anilines is 1. The minimum Gasteiger partial charge on any atom is -0.432 e. The minimum absolute atomic E-state index is 0.680. The Hall–Kier alpha value is -1.03. The lowest BCUT2D eigenvalue weighted by Crippen LogP contribution is -2.27. The van der Waals surface area contributed by atoms with Crippen molar-refractivity contribution in [2.75, 3.05) is 11.4 Å². The average Bonchev–Trinajstić information content (AvgIpc) is 3.28. The number of rotatable bonds is 8. The molecule has 0 unspecified atom stereocenters. The number of nitrogens with zero attached hydrogens (tertiary/aromatic N) is 2. The Bertz CT molecular complexity index is 382. The van der Waals surface area contributed by atoms with Gasteiger partial charge >= 0.3 is 0 Å². The number of hydrogen-bond donors (Lipinski definition) is 1. The molecule has 1 aromatic heterocycles. The number of hydrogen-bond acceptors (Lipinski definition) is 4. The molecule has 0 amide bonds. The Kier molecular flexibility index (Phi) is 3.55. The third-order valence-corrected chi connectivity index (χ3v) is 3.67. The van der Waals surface area contributed by atoms with Gasteiger partial charge in [-0.1, -0.05) is 13.3 Å². The predicted octanol–water partition coefficient (Wildman–Crippen LogP) is 2.70. The van der Waals surface area contributed by atoms with Crippen molar-refractivity contribution in [3.05, 3.63) is 12.0 Å². The molecule has 2 saturated carbocycles. The normalized spacial score (nSPS) is 19.2. The van der Waals surface area contributed by atoms with Crippen LogP contribution in [0.1, 0.15) is 51.1 Å². The first-order chi connectivity index (χ1) is 8.86. The third kappa shape index (κ3) is 3.05. The fourth-order valence-corrected chi connectivity index (χ4v) is 2.19. The van der Waals surface area contributed by atoms with E-state index in [0.29, 0.717) is 6.04 Å². The smallest absolute Gasteiger partial charge is 0.297 e. The van der Waals surface area contributed by atoms with Crippen LogP contribution < -0.4 is 10.2 Å². The van der Waals surface area contributed by atoms with E-state index >= 15 is 0 Å². The van der Waals surface area contributed by atoms with Gasteiger partial charge < -0.3 is 14.6 Å². The summed E-state index contributed by atoms with van der Waals surface area (Å²) in [4.78, 5) is 6.97. The van der Waals surface area contributed by atoms with Gasteiger partial charge in [-0.3, -0.25) is 0 Å². The van der Waals surface area contributed by atoms with E-state index in [1.54, 1.807) is 0 Å². The summed E-state index contributed by atoms with van der Waals surface area (Å²) in [5, 5.41) is 3.47. The van der Waals surface area contributed by atoms with Crippen LogP contribution in [0.2, 0.25) is 0 Å². The van der Waals surface area contributed by atoms with Crippen LogP contribution in [0.5, 0.6) is 0 Å². The van der Waals surface area contributed by atoms with Gasteiger partial charge in [0, 0.05) is 25.2 Å². The molecule has 0 aliphatic heterocycles. The van der Waals surface area contributed by atoms with Crippen LogP contribution in [-0.2, 0) is 6.54 Å². The Morgan fingerprint density at radius 3 is 2.89 bits per heavy atom. The maximum absolute atomic E-state index is 5.65. The second-order valence-corrected chi connectivity index (χ2v) is 5.55. The molecule has 2 aliphatic carbocycles. The van der Waals surface area contributed by atoms with Crippen molar-refractivity contribution in [3.8, 4) is 0 Å². The molecule has 4 heteroatoms. The fourth-order valence-electron chi connectivity index (χ4n) is 2.19. The van der Waals surface area contributed by atoms with Gasteiger partial charge in [0.05, 0.1) is 5.69 Å². The number of oxazole rings is 1. The monoisotopic (exact) mass is 249 g/mol. The first-order valence-corrected chi connectivity index (χ1v) is 7.31. The molecule has 0 radical (unpaired) electrons. The molecular formula is C14H23N3O. The van der Waals surface area contributed by atoms with Gasteiger partial charge in [-0.15, -0.1) is 0 Å². The number of unbranched alkanes of at least 4 members (excludes halogenated alkanes) is 1. The van der Waals surface area contributed by atoms with Crippen molar-refractivity contribution in [1.82, 2.24) is 10.3 Å². The molecule has 0 bridgehead atoms. The first kappa shape index (κ1) is 12.0. The van der Waals surface area contributed by atoms with Crippen LogP contribution in [0.25, 0.3) is 0 Å². The van der Waals surface area contributed by atoms with Crippen LogP contribution in [0.3, 0.4) is 0 Å². The van der Waals surface area contributed by atoms with Crippen molar-refractivity contribution >= 4 is 6.01 Å². The van der Waals surface area contributed by atoms with Gasteiger partial charge in [0.15, 0.2) is 0 Å². The SMILES string of the molecule is CCCCN(c1nc(CNC2CC2)co1)C1CC1. The van der Waals surface area contributed by atoms with E-state index in [-0.39, 0.29) is 0 Å². The van der Waals surface area contributed by atoms with Crippen LogP contribution >= 0.6 is 0 Å². The fraction of sp³-hybridized carbons (Fsp3) is 0.786. The van der Waals surface area contributed by atoms with E-state index in [1.165, 1.54) is 38.5 Å². The molecule has 1 N–H and O–H groups in total. The lowest BCUT2D eigenvalue weighted by molar-refractivity contribution is 0.523. The average molecular weight is 249 g/mol. The van der Waals surface area contributed by atoms with Gasteiger partial charge in [0.2, 0.25) is 0 Å². The van der Waals surface area contributed by atoms with Crippen LogP contribution in [-0.4, -0.2) is 23.6 Å². The van der Waals surface area contributed by atoms with Crippen molar-refractivity contribution in [1.29, 1.82) is 0 Å². The summed E-state index contributed by atoms with van der Waals surface area (Å²) < 4.78 is 5.65. The highest BCUT2D eigenvalue weighted by Crippen LogP contribution is 2.31. The molecule has 0 aromatic carbocycles. The molecule has 18 heavy (non-hydrogen) atoms. The van der Waals surface area contributed by atoms with Gasteiger partial charge in [-0.05, 0) is 32.1 Å². The molecule has 0 spiro atoms. The van der Waals surface area contributed by atoms with E-state index in [4.69, 9.17) is 4.42 Å². The maximum Gasteiger partial charge on any atom is 0.297 e. The van der Waals surface area contributed by atoms with E-state index in [0.717, 1.165) is 30.8 Å². The van der Waals surface area contributed by atoms with Crippen LogP contribution in [0, 0.1) is 0 Å². The zero-order valence-corrected chi connectivity index (χ0v) is 11.2. The summed E-state index contributed by atoms with van der Waals surface area (Å²) in [5.41, 5.74) is 1.04. The largest absolute Gasteiger partial charge is 0.432 e. The summed E-state index contributed by atoms with van der Waals surface area (Å²) in [6, 6.07) is 2.24. The van der Waals surface area contributed by atoms with Crippen molar-refractivity contribution < 1.29 is 4.42 Å².